The zero-order valence-electron chi connectivity index (χ0n) is 13.6. The molecular formula is C18H17Cl2N3O2. The summed E-state index contributed by atoms with van der Waals surface area (Å²) < 4.78 is 0. The average Bonchev–Trinajstić information content (AvgIpc) is 2.93. The number of nitrogens with zero attached hydrogens (tertiary/aromatic N) is 1. The number of halogens is 2. The van der Waals surface area contributed by atoms with Gasteiger partial charge in [-0.15, -0.1) is 0 Å². The molecule has 3 rings (SSSR count). The number of carbonyl (C=O) groups is 2. The van der Waals surface area contributed by atoms with E-state index in [1.807, 2.05) is 13.0 Å². The van der Waals surface area contributed by atoms with Crippen LogP contribution in [0.5, 0.6) is 0 Å². The Morgan fingerprint density at radius 3 is 2.64 bits per heavy atom. The minimum atomic E-state index is -0.420. The van der Waals surface area contributed by atoms with Gasteiger partial charge in [0, 0.05) is 28.7 Å². The third-order valence-corrected chi connectivity index (χ3v) is 4.70. The lowest BCUT2D eigenvalue weighted by Crippen LogP contribution is -2.34. The van der Waals surface area contributed by atoms with Crippen LogP contribution in [0.4, 0.5) is 11.4 Å². The second-order valence-corrected chi connectivity index (χ2v) is 6.77. The van der Waals surface area contributed by atoms with Crippen LogP contribution in [0.3, 0.4) is 0 Å². The van der Waals surface area contributed by atoms with Crippen molar-refractivity contribution in [2.75, 3.05) is 16.9 Å². The molecule has 1 unspecified atom stereocenters. The number of carbonyl (C=O) groups excluding carboxylic acids is 2. The summed E-state index contributed by atoms with van der Waals surface area (Å²) in [4.78, 5) is 24.7. The van der Waals surface area contributed by atoms with Crippen molar-refractivity contribution in [2.45, 2.75) is 13.3 Å². The lowest BCUT2D eigenvalue weighted by molar-refractivity contribution is -0.124. The lowest BCUT2D eigenvalue weighted by atomic mass is 10.1. The molecule has 0 saturated carbocycles. The van der Waals surface area contributed by atoms with Crippen LogP contribution in [0.15, 0.2) is 42.5 Å². The number of hydrazine groups is 1. The summed E-state index contributed by atoms with van der Waals surface area (Å²) in [6.07, 6.45) is 0.0986. The number of rotatable bonds is 4. The number of hydrogen-bond acceptors (Lipinski definition) is 3. The standard InChI is InChI=1S/C18H17Cl2N3O2/c1-11-2-5-14(9-16(11)20)22-17(24)8-12-10-21-23(18(12)25)15-6-3-13(19)4-7-15/h2-7,9,12,21H,8,10H2,1H3,(H,22,24). The van der Waals surface area contributed by atoms with E-state index in [4.69, 9.17) is 23.2 Å². The fraction of sp³-hybridized carbons (Fsp3) is 0.222. The molecule has 0 bridgehead atoms. The van der Waals surface area contributed by atoms with Crippen LogP contribution >= 0.6 is 23.2 Å². The van der Waals surface area contributed by atoms with Gasteiger partial charge < -0.3 is 5.32 Å². The van der Waals surface area contributed by atoms with Gasteiger partial charge in [0.2, 0.25) is 11.8 Å². The molecule has 2 aromatic rings. The van der Waals surface area contributed by atoms with Crippen molar-refractivity contribution in [3.8, 4) is 0 Å². The zero-order valence-corrected chi connectivity index (χ0v) is 15.1. The SMILES string of the molecule is Cc1ccc(NC(=O)CC2CNN(c3ccc(Cl)cc3)C2=O)cc1Cl. The summed E-state index contributed by atoms with van der Waals surface area (Å²) in [5, 5.41) is 5.42. The molecule has 2 aromatic carbocycles. The van der Waals surface area contributed by atoms with Gasteiger partial charge in [0.15, 0.2) is 0 Å². The van der Waals surface area contributed by atoms with Crippen LogP contribution in [-0.2, 0) is 9.59 Å². The van der Waals surface area contributed by atoms with Crippen molar-refractivity contribution in [2.24, 2.45) is 5.92 Å². The molecule has 1 saturated heterocycles. The van der Waals surface area contributed by atoms with Crippen LogP contribution in [-0.4, -0.2) is 18.4 Å². The average molecular weight is 378 g/mol. The number of amides is 2. The number of anilines is 2. The molecule has 1 aliphatic rings. The van der Waals surface area contributed by atoms with Gasteiger partial charge in [-0.1, -0.05) is 29.3 Å². The van der Waals surface area contributed by atoms with Gasteiger partial charge in [-0.05, 0) is 48.9 Å². The van der Waals surface area contributed by atoms with Crippen LogP contribution in [0.2, 0.25) is 10.0 Å². The number of hydrogen-bond donors (Lipinski definition) is 2. The first kappa shape index (κ1) is 17.7. The van der Waals surface area contributed by atoms with Crippen LogP contribution in [0.25, 0.3) is 0 Å². The van der Waals surface area contributed by atoms with E-state index in [-0.39, 0.29) is 18.2 Å². The Hall–Kier alpha value is -2.08. The largest absolute Gasteiger partial charge is 0.326 e. The molecule has 1 atom stereocenters. The highest BCUT2D eigenvalue weighted by atomic mass is 35.5. The Morgan fingerprint density at radius 2 is 1.96 bits per heavy atom. The quantitative estimate of drug-likeness (QED) is 0.851. The molecule has 0 spiro atoms. The summed E-state index contributed by atoms with van der Waals surface area (Å²) in [7, 11) is 0. The fourth-order valence-electron chi connectivity index (χ4n) is 2.62. The van der Waals surface area contributed by atoms with Crippen molar-refractivity contribution in [1.82, 2.24) is 5.43 Å². The molecule has 7 heteroatoms. The van der Waals surface area contributed by atoms with E-state index < -0.39 is 5.92 Å². The third kappa shape index (κ3) is 4.12. The normalized spacial score (nSPS) is 17.0. The highest BCUT2D eigenvalue weighted by Crippen LogP contribution is 2.24. The maximum Gasteiger partial charge on any atom is 0.246 e. The van der Waals surface area contributed by atoms with Gasteiger partial charge in [-0.2, -0.15) is 0 Å². The third-order valence-electron chi connectivity index (χ3n) is 4.04. The predicted molar refractivity (Wildman–Crippen MR) is 99.9 cm³/mol. The van der Waals surface area contributed by atoms with E-state index in [2.05, 4.69) is 10.7 Å². The first-order valence-corrected chi connectivity index (χ1v) is 8.58. The Morgan fingerprint density at radius 1 is 1.24 bits per heavy atom. The highest BCUT2D eigenvalue weighted by Gasteiger charge is 2.34. The molecule has 2 N–H and O–H groups in total. The maximum absolute atomic E-state index is 12.5. The van der Waals surface area contributed by atoms with E-state index in [0.717, 1.165) is 5.56 Å². The second-order valence-electron chi connectivity index (χ2n) is 5.93. The Balaban J connectivity index is 1.61. The molecule has 2 amide bonds. The molecular weight excluding hydrogens is 361 g/mol. The van der Waals surface area contributed by atoms with Crippen molar-refractivity contribution in [3.05, 3.63) is 58.1 Å². The molecule has 25 heavy (non-hydrogen) atoms. The van der Waals surface area contributed by atoms with Crippen molar-refractivity contribution in [3.63, 3.8) is 0 Å². The minimum Gasteiger partial charge on any atom is -0.326 e. The summed E-state index contributed by atoms with van der Waals surface area (Å²) >= 11 is 11.9. The molecule has 1 heterocycles. The first-order chi connectivity index (χ1) is 11.9. The summed E-state index contributed by atoms with van der Waals surface area (Å²) in [6, 6.07) is 12.3. The van der Waals surface area contributed by atoms with Gasteiger partial charge in [-0.3, -0.25) is 9.59 Å². The topological polar surface area (TPSA) is 61.4 Å². The van der Waals surface area contributed by atoms with Crippen molar-refractivity contribution < 1.29 is 9.59 Å². The van der Waals surface area contributed by atoms with E-state index in [0.29, 0.717) is 28.0 Å². The number of aryl methyl sites for hydroxylation is 1. The molecule has 130 valence electrons. The lowest BCUT2D eigenvalue weighted by Gasteiger charge is -2.16. The van der Waals surface area contributed by atoms with E-state index in [1.165, 1.54) is 5.01 Å². The molecule has 0 aliphatic carbocycles. The molecule has 1 fully saturated rings. The Kier molecular flexibility index (Phi) is 5.27. The van der Waals surface area contributed by atoms with Gasteiger partial charge >= 0.3 is 0 Å². The summed E-state index contributed by atoms with van der Waals surface area (Å²) in [6.45, 7) is 2.30. The Labute approximate surface area is 155 Å². The van der Waals surface area contributed by atoms with Gasteiger partial charge in [0.05, 0.1) is 11.6 Å². The maximum atomic E-state index is 12.5. The van der Waals surface area contributed by atoms with Crippen molar-refractivity contribution in [1.29, 1.82) is 0 Å². The smallest absolute Gasteiger partial charge is 0.246 e. The van der Waals surface area contributed by atoms with Gasteiger partial charge in [0.25, 0.3) is 0 Å². The second kappa shape index (κ2) is 7.44. The van der Waals surface area contributed by atoms with Crippen LogP contribution < -0.4 is 15.8 Å². The number of nitrogens with one attached hydrogen (secondary N) is 2. The summed E-state index contributed by atoms with van der Waals surface area (Å²) in [5.74, 6) is -0.783. The molecule has 5 nitrogen and oxygen atoms in total. The van der Waals surface area contributed by atoms with Crippen LogP contribution in [0, 0.1) is 12.8 Å². The van der Waals surface area contributed by atoms with E-state index >= 15 is 0 Å². The first-order valence-electron chi connectivity index (χ1n) is 7.83. The zero-order chi connectivity index (χ0) is 18.0. The molecule has 0 aromatic heterocycles. The predicted octanol–water partition coefficient (Wildman–Crippen LogP) is 3.80. The fourth-order valence-corrected chi connectivity index (χ4v) is 2.93. The minimum absolute atomic E-state index is 0.0986. The molecule has 1 aliphatic heterocycles. The van der Waals surface area contributed by atoms with Crippen molar-refractivity contribution >= 4 is 46.4 Å². The number of benzene rings is 2. The monoisotopic (exact) mass is 377 g/mol. The Bertz CT molecular complexity index is 808. The van der Waals surface area contributed by atoms with E-state index in [1.54, 1.807) is 36.4 Å². The highest BCUT2D eigenvalue weighted by molar-refractivity contribution is 6.31. The molecule has 0 radical (unpaired) electrons. The van der Waals surface area contributed by atoms with Gasteiger partial charge in [-0.25, -0.2) is 10.4 Å². The van der Waals surface area contributed by atoms with E-state index in [9.17, 15) is 9.59 Å². The summed E-state index contributed by atoms with van der Waals surface area (Å²) in [5.41, 5.74) is 5.27. The van der Waals surface area contributed by atoms with Crippen LogP contribution in [0.1, 0.15) is 12.0 Å². The van der Waals surface area contributed by atoms with Gasteiger partial charge in [0.1, 0.15) is 0 Å².